The average Bonchev–Trinajstić information content (AvgIpc) is 2.18. The minimum Gasteiger partial charge on any atom is -0.339 e. The van der Waals surface area contributed by atoms with Crippen molar-refractivity contribution in [3.8, 4) is 0 Å². The lowest BCUT2D eigenvalue weighted by Crippen LogP contribution is -2.10. The predicted octanol–water partition coefficient (Wildman–Crippen LogP) is 1.77. The molecule has 0 N–H and O–H groups in total. The molecule has 0 aromatic heterocycles. The minimum atomic E-state index is -2.01. The third-order valence-corrected chi connectivity index (χ3v) is 2.33. The van der Waals surface area contributed by atoms with Crippen LogP contribution in [0.5, 0.6) is 0 Å². The highest BCUT2D eigenvalue weighted by Gasteiger charge is 2.11. The van der Waals surface area contributed by atoms with Gasteiger partial charge in [-0.05, 0) is 26.0 Å². The van der Waals surface area contributed by atoms with Crippen molar-refractivity contribution in [3.63, 3.8) is 0 Å². The molecule has 0 bridgehead atoms. The van der Waals surface area contributed by atoms with Gasteiger partial charge in [-0.2, -0.15) is 4.21 Å². The summed E-state index contributed by atoms with van der Waals surface area (Å²) in [5.41, 5.74) is 1.30. The fraction of sp³-hybridized carbons (Fsp3) is 0.300. The highest BCUT2D eigenvalue weighted by Crippen LogP contribution is 2.06. The molecule has 82 valence electrons. The maximum absolute atomic E-state index is 11.4. The topological polar surface area (TPSA) is 52.6 Å². The van der Waals surface area contributed by atoms with Gasteiger partial charge in [-0.1, -0.05) is 17.7 Å². The maximum atomic E-state index is 11.4. The van der Waals surface area contributed by atoms with Crippen molar-refractivity contribution < 1.29 is 17.4 Å². The van der Waals surface area contributed by atoms with Crippen LogP contribution in [0.25, 0.3) is 0 Å². The lowest BCUT2D eigenvalue weighted by Gasteiger charge is -2.02. The average molecular weight is 228 g/mol. The molecular formula is C10H12O4S. The van der Waals surface area contributed by atoms with E-state index in [2.05, 4.69) is 8.37 Å². The largest absolute Gasteiger partial charge is 0.363 e. The van der Waals surface area contributed by atoms with E-state index in [1.54, 1.807) is 25.1 Å². The summed E-state index contributed by atoms with van der Waals surface area (Å²) in [4.78, 5) is 11.4. The zero-order valence-electron chi connectivity index (χ0n) is 8.56. The van der Waals surface area contributed by atoms with Gasteiger partial charge in [0.2, 0.25) is 0 Å². The Morgan fingerprint density at radius 3 is 2.80 bits per heavy atom. The summed E-state index contributed by atoms with van der Waals surface area (Å²) in [5.74, 6) is -0.648. The molecule has 0 heterocycles. The van der Waals surface area contributed by atoms with E-state index in [0.717, 1.165) is 5.56 Å². The van der Waals surface area contributed by atoms with Crippen molar-refractivity contribution in [2.75, 3.05) is 6.61 Å². The Bertz CT molecular complexity index is 375. The summed E-state index contributed by atoms with van der Waals surface area (Å²) >= 11 is -2.01. The number of carbonyl (C=O) groups excluding carboxylic acids is 1. The first-order valence-electron chi connectivity index (χ1n) is 4.48. The highest BCUT2D eigenvalue weighted by atomic mass is 32.2. The molecule has 0 radical (unpaired) electrons. The van der Waals surface area contributed by atoms with Crippen LogP contribution in [0, 0.1) is 6.92 Å². The van der Waals surface area contributed by atoms with Crippen LogP contribution in [-0.4, -0.2) is 16.8 Å². The van der Waals surface area contributed by atoms with Crippen LogP contribution in [0.15, 0.2) is 24.3 Å². The van der Waals surface area contributed by atoms with E-state index in [9.17, 15) is 9.00 Å². The Morgan fingerprint density at radius 1 is 1.47 bits per heavy atom. The molecule has 1 unspecified atom stereocenters. The standard InChI is InChI=1S/C10H12O4S/c1-3-13-15(12)14-10(11)9-6-4-5-8(2)7-9/h4-7H,3H2,1-2H3. The summed E-state index contributed by atoms with van der Waals surface area (Å²) in [6.07, 6.45) is 0. The van der Waals surface area contributed by atoms with Gasteiger partial charge in [0.25, 0.3) is 0 Å². The van der Waals surface area contributed by atoms with Crippen molar-refractivity contribution in [1.82, 2.24) is 0 Å². The Balaban J connectivity index is 2.65. The molecule has 4 nitrogen and oxygen atoms in total. The van der Waals surface area contributed by atoms with E-state index in [1.807, 2.05) is 13.0 Å². The van der Waals surface area contributed by atoms with E-state index in [4.69, 9.17) is 0 Å². The van der Waals surface area contributed by atoms with Crippen LogP contribution >= 0.6 is 0 Å². The molecule has 1 aromatic rings. The molecule has 1 aromatic carbocycles. The van der Waals surface area contributed by atoms with Crippen LogP contribution in [0.3, 0.4) is 0 Å². The molecule has 1 atom stereocenters. The number of hydrogen-bond donors (Lipinski definition) is 0. The predicted molar refractivity (Wildman–Crippen MR) is 56.4 cm³/mol. The van der Waals surface area contributed by atoms with Gasteiger partial charge in [0.05, 0.1) is 12.2 Å². The van der Waals surface area contributed by atoms with Crippen molar-refractivity contribution in [2.24, 2.45) is 0 Å². The smallest absolute Gasteiger partial charge is 0.339 e. The number of aryl methyl sites for hydroxylation is 1. The number of rotatable bonds is 4. The van der Waals surface area contributed by atoms with E-state index >= 15 is 0 Å². The van der Waals surface area contributed by atoms with Gasteiger partial charge in [0.1, 0.15) is 0 Å². The van der Waals surface area contributed by atoms with Gasteiger partial charge in [0, 0.05) is 0 Å². The second-order valence-electron chi connectivity index (χ2n) is 2.85. The van der Waals surface area contributed by atoms with Gasteiger partial charge in [-0.25, -0.2) is 4.79 Å². The maximum Gasteiger partial charge on any atom is 0.363 e. The molecule has 0 aliphatic carbocycles. The third kappa shape index (κ3) is 3.81. The van der Waals surface area contributed by atoms with Gasteiger partial charge >= 0.3 is 17.3 Å². The monoisotopic (exact) mass is 228 g/mol. The summed E-state index contributed by atoms with van der Waals surface area (Å²) in [6, 6.07) is 6.84. The van der Waals surface area contributed by atoms with Crippen molar-refractivity contribution >= 4 is 17.3 Å². The van der Waals surface area contributed by atoms with Crippen LogP contribution in [-0.2, 0) is 19.7 Å². The van der Waals surface area contributed by atoms with Gasteiger partial charge in [-0.3, -0.25) is 4.18 Å². The molecule has 0 aliphatic heterocycles. The van der Waals surface area contributed by atoms with Crippen molar-refractivity contribution in [1.29, 1.82) is 0 Å². The Morgan fingerprint density at radius 2 is 2.20 bits per heavy atom. The summed E-state index contributed by atoms with van der Waals surface area (Å²) in [6.45, 7) is 3.75. The molecule has 0 fully saturated rings. The molecule has 5 heteroatoms. The Labute approximate surface area is 91.1 Å². The quantitative estimate of drug-likeness (QED) is 0.788. The van der Waals surface area contributed by atoms with Crippen LogP contribution < -0.4 is 0 Å². The molecule has 0 aliphatic rings. The molecular weight excluding hydrogens is 216 g/mol. The number of benzene rings is 1. The summed E-state index contributed by atoms with van der Waals surface area (Å²) < 4.78 is 20.1. The number of carbonyl (C=O) groups is 1. The second-order valence-corrected chi connectivity index (χ2v) is 3.66. The van der Waals surface area contributed by atoms with Crippen LogP contribution in [0.1, 0.15) is 22.8 Å². The summed E-state index contributed by atoms with van der Waals surface area (Å²) in [7, 11) is 0. The molecule has 0 saturated heterocycles. The van der Waals surface area contributed by atoms with Crippen LogP contribution in [0.4, 0.5) is 0 Å². The first-order valence-corrected chi connectivity index (χ1v) is 5.48. The number of hydrogen-bond acceptors (Lipinski definition) is 4. The SMILES string of the molecule is CCOS(=O)OC(=O)c1cccc(C)c1. The Kier molecular flexibility index (Phi) is 4.45. The Hall–Kier alpha value is -1.20. The van der Waals surface area contributed by atoms with E-state index < -0.39 is 17.3 Å². The first-order chi connectivity index (χ1) is 7.13. The van der Waals surface area contributed by atoms with Gasteiger partial charge in [-0.15, -0.1) is 0 Å². The second kappa shape index (κ2) is 5.63. The fourth-order valence-corrected chi connectivity index (χ4v) is 1.46. The zero-order chi connectivity index (χ0) is 11.3. The molecule has 15 heavy (non-hydrogen) atoms. The van der Waals surface area contributed by atoms with E-state index in [-0.39, 0.29) is 6.61 Å². The lowest BCUT2D eigenvalue weighted by atomic mass is 10.1. The third-order valence-electron chi connectivity index (χ3n) is 1.61. The first kappa shape index (κ1) is 11.9. The van der Waals surface area contributed by atoms with E-state index in [0.29, 0.717) is 5.56 Å². The van der Waals surface area contributed by atoms with E-state index in [1.165, 1.54) is 0 Å². The lowest BCUT2D eigenvalue weighted by molar-refractivity contribution is 0.0734. The molecule has 0 amide bonds. The zero-order valence-corrected chi connectivity index (χ0v) is 9.37. The fourth-order valence-electron chi connectivity index (χ4n) is 1.00. The van der Waals surface area contributed by atoms with Crippen molar-refractivity contribution in [2.45, 2.75) is 13.8 Å². The molecule has 0 spiro atoms. The molecule has 0 saturated carbocycles. The summed E-state index contributed by atoms with van der Waals surface area (Å²) in [5, 5.41) is 0. The minimum absolute atomic E-state index is 0.230. The molecule has 1 rings (SSSR count). The normalized spacial score (nSPS) is 12.1. The highest BCUT2D eigenvalue weighted by molar-refractivity contribution is 7.75. The van der Waals surface area contributed by atoms with Crippen molar-refractivity contribution in [3.05, 3.63) is 35.4 Å². The van der Waals surface area contributed by atoms with Gasteiger partial charge < -0.3 is 4.18 Å². The van der Waals surface area contributed by atoms with Gasteiger partial charge in [0.15, 0.2) is 0 Å². The van der Waals surface area contributed by atoms with Crippen LogP contribution in [0.2, 0.25) is 0 Å².